The van der Waals surface area contributed by atoms with Gasteiger partial charge in [-0.2, -0.15) is 0 Å². The zero-order valence-corrected chi connectivity index (χ0v) is 30.7. The predicted molar refractivity (Wildman–Crippen MR) is 230 cm³/mol. The van der Waals surface area contributed by atoms with Crippen LogP contribution < -0.4 is 0 Å². The Balaban J connectivity index is 1.25. The van der Waals surface area contributed by atoms with Gasteiger partial charge in [-0.3, -0.25) is 0 Å². The third-order valence-corrected chi connectivity index (χ3v) is 12.6. The molecule has 1 aliphatic carbocycles. The molecule has 11 aromatic rings. The van der Waals surface area contributed by atoms with Gasteiger partial charge < -0.3 is 13.6 Å². The Hall–Kier alpha value is -6.84. The summed E-state index contributed by atoms with van der Waals surface area (Å²) in [6.07, 6.45) is 1.03. The minimum atomic E-state index is -0.0742. The minimum absolute atomic E-state index is 0.0742. The summed E-state index contributed by atoms with van der Waals surface area (Å²) in [5.74, 6) is 0. The molecule has 3 nitrogen and oxygen atoms in total. The van der Waals surface area contributed by atoms with E-state index in [4.69, 9.17) is 4.42 Å². The summed E-state index contributed by atoms with van der Waals surface area (Å²) in [7, 11) is 0. The van der Waals surface area contributed by atoms with Gasteiger partial charge >= 0.3 is 0 Å². The fraction of sp³-hybridized carbons (Fsp3) is 0.0769. The Morgan fingerprint density at radius 1 is 0.491 bits per heavy atom. The van der Waals surface area contributed by atoms with E-state index in [0.29, 0.717) is 0 Å². The first-order chi connectivity index (χ1) is 27.1. The standard InChI is InChI=1S/C52H36N2O/c1-3-52(2)42-23-13-10-21-37(42)47-43(52)28-27-36-41-31-39(32-26-29-45-40(30-32)35-20-11-14-24-44(35)53(45)33-16-6-4-7-17-33)51-48(38-22-12-15-25-46(38)55-51)50(41)54(49(36)47)34-18-8-5-9-19-34/h4-31H,3H2,1-2H3. The lowest BCUT2D eigenvalue weighted by Crippen LogP contribution is -2.19. The third-order valence-electron chi connectivity index (χ3n) is 12.6. The van der Waals surface area contributed by atoms with Crippen LogP contribution in [0.2, 0.25) is 0 Å². The van der Waals surface area contributed by atoms with Gasteiger partial charge in [-0.25, -0.2) is 0 Å². The molecule has 0 spiro atoms. The fourth-order valence-corrected chi connectivity index (χ4v) is 9.96. The Labute approximate surface area is 318 Å². The number of fused-ring (bicyclic) bond motifs is 14. The Kier molecular flexibility index (Phi) is 6.17. The van der Waals surface area contributed by atoms with E-state index in [0.717, 1.165) is 50.9 Å². The monoisotopic (exact) mass is 704 g/mol. The molecule has 0 radical (unpaired) electrons. The van der Waals surface area contributed by atoms with Gasteiger partial charge in [0.25, 0.3) is 0 Å². The van der Waals surface area contributed by atoms with Crippen molar-refractivity contribution in [3.05, 3.63) is 181 Å². The molecule has 1 atom stereocenters. The Morgan fingerprint density at radius 3 is 1.96 bits per heavy atom. The maximum atomic E-state index is 6.99. The summed E-state index contributed by atoms with van der Waals surface area (Å²) in [6.45, 7) is 4.74. The summed E-state index contributed by atoms with van der Waals surface area (Å²) in [5, 5.41) is 7.21. The van der Waals surface area contributed by atoms with Gasteiger partial charge in [0.1, 0.15) is 11.2 Å². The smallest absolute Gasteiger partial charge is 0.145 e. The fourth-order valence-electron chi connectivity index (χ4n) is 9.96. The molecule has 3 heteroatoms. The highest BCUT2D eigenvalue weighted by atomic mass is 16.3. The van der Waals surface area contributed by atoms with Crippen molar-refractivity contribution in [3.63, 3.8) is 0 Å². The molecular weight excluding hydrogens is 669 g/mol. The van der Waals surface area contributed by atoms with Crippen LogP contribution in [0.3, 0.4) is 0 Å². The molecule has 55 heavy (non-hydrogen) atoms. The second-order valence-corrected chi connectivity index (χ2v) is 15.3. The summed E-state index contributed by atoms with van der Waals surface area (Å²) in [6, 6.07) is 62.1. The Morgan fingerprint density at radius 2 is 1.16 bits per heavy atom. The normalized spacial score (nSPS) is 15.2. The van der Waals surface area contributed by atoms with Crippen LogP contribution >= 0.6 is 0 Å². The van der Waals surface area contributed by atoms with Crippen LogP contribution in [0.4, 0.5) is 0 Å². The molecule has 8 aromatic carbocycles. The van der Waals surface area contributed by atoms with Gasteiger partial charge in [0, 0.05) is 54.8 Å². The van der Waals surface area contributed by atoms with Crippen molar-refractivity contribution < 1.29 is 4.42 Å². The Bertz CT molecular complexity index is 3360. The maximum absolute atomic E-state index is 6.99. The largest absolute Gasteiger partial charge is 0.455 e. The topological polar surface area (TPSA) is 23.0 Å². The first-order valence-electron chi connectivity index (χ1n) is 19.3. The first-order valence-corrected chi connectivity index (χ1v) is 19.3. The van der Waals surface area contributed by atoms with Crippen molar-refractivity contribution in [1.29, 1.82) is 0 Å². The predicted octanol–water partition coefficient (Wildman–Crippen LogP) is 14.1. The first kappa shape index (κ1) is 30.6. The van der Waals surface area contributed by atoms with Crippen molar-refractivity contribution in [2.45, 2.75) is 25.7 Å². The van der Waals surface area contributed by atoms with Gasteiger partial charge in [0.05, 0.1) is 27.5 Å². The summed E-state index contributed by atoms with van der Waals surface area (Å²) >= 11 is 0. The van der Waals surface area contributed by atoms with E-state index in [1.165, 1.54) is 65.9 Å². The van der Waals surface area contributed by atoms with E-state index in [-0.39, 0.29) is 5.41 Å². The van der Waals surface area contributed by atoms with E-state index in [1.807, 2.05) is 0 Å². The quantitative estimate of drug-likeness (QED) is 0.179. The number of rotatable bonds is 4. The number of hydrogen-bond acceptors (Lipinski definition) is 1. The van der Waals surface area contributed by atoms with Gasteiger partial charge in [-0.15, -0.1) is 0 Å². The highest BCUT2D eigenvalue weighted by Gasteiger charge is 2.40. The third kappa shape index (κ3) is 4.00. The van der Waals surface area contributed by atoms with Gasteiger partial charge in [0.2, 0.25) is 0 Å². The second-order valence-electron chi connectivity index (χ2n) is 15.3. The molecule has 3 aromatic heterocycles. The molecule has 260 valence electrons. The van der Waals surface area contributed by atoms with Crippen LogP contribution in [0.15, 0.2) is 174 Å². The number of hydrogen-bond donors (Lipinski definition) is 0. The van der Waals surface area contributed by atoms with E-state index < -0.39 is 0 Å². The number of benzene rings is 8. The molecule has 0 amide bonds. The summed E-state index contributed by atoms with van der Waals surface area (Å²) in [5.41, 5.74) is 16.6. The zero-order chi connectivity index (χ0) is 36.4. The number of furan rings is 1. The maximum Gasteiger partial charge on any atom is 0.145 e. The van der Waals surface area contributed by atoms with Crippen molar-refractivity contribution >= 4 is 65.6 Å². The van der Waals surface area contributed by atoms with Crippen molar-refractivity contribution in [1.82, 2.24) is 9.13 Å². The van der Waals surface area contributed by atoms with E-state index in [1.54, 1.807) is 0 Å². The average molecular weight is 705 g/mol. The lowest BCUT2D eigenvalue weighted by molar-refractivity contribution is 0.565. The molecule has 0 aliphatic heterocycles. The number of aromatic nitrogens is 2. The number of nitrogens with zero attached hydrogens (tertiary/aromatic N) is 2. The molecule has 0 fully saturated rings. The lowest BCUT2D eigenvalue weighted by atomic mass is 9.78. The SMILES string of the molecule is CCC1(C)c2ccccc2-c2c1ccc1c3cc(-c4ccc5c(c4)c4ccccc4n5-c4ccccc4)c4oc5ccccc5c4c3n(-c3ccccc3)c21. The lowest BCUT2D eigenvalue weighted by Gasteiger charge is -2.25. The van der Waals surface area contributed by atoms with Crippen LogP contribution in [0, 0.1) is 0 Å². The van der Waals surface area contributed by atoms with E-state index in [2.05, 4.69) is 193 Å². The summed E-state index contributed by atoms with van der Waals surface area (Å²) < 4.78 is 11.9. The zero-order valence-electron chi connectivity index (χ0n) is 30.7. The molecule has 1 unspecified atom stereocenters. The highest BCUT2D eigenvalue weighted by Crippen LogP contribution is 2.55. The molecule has 3 heterocycles. The second kappa shape index (κ2) is 11.1. The van der Waals surface area contributed by atoms with Gasteiger partial charge in [0.15, 0.2) is 0 Å². The van der Waals surface area contributed by atoms with E-state index in [9.17, 15) is 0 Å². The van der Waals surface area contributed by atoms with Crippen LogP contribution in [-0.2, 0) is 5.41 Å². The summed E-state index contributed by atoms with van der Waals surface area (Å²) in [4.78, 5) is 0. The molecule has 0 bridgehead atoms. The molecule has 0 saturated heterocycles. The molecule has 1 aliphatic rings. The minimum Gasteiger partial charge on any atom is -0.455 e. The van der Waals surface area contributed by atoms with Crippen molar-refractivity contribution in [2.24, 2.45) is 0 Å². The molecule has 0 saturated carbocycles. The highest BCUT2D eigenvalue weighted by molar-refractivity contribution is 6.29. The average Bonchev–Trinajstić information content (AvgIpc) is 3.97. The number of para-hydroxylation sites is 4. The van der Waals surface area contributed by atoms with Crippen molar-refractivity contribution in [3.8, 4) is 33.6 Å². The van der Waals surface area contributed by atoms with Crippen LogP contribution in [0.25, 0.3) is 99.2 Å². The van der Waals surface area contributed by atoms with Gasteiger partial charge in [-0.1, -0.05) is 129 Å². The van der Waals surface area contributed by atoms with Gasteiger partial charge in [-0.05, 0) is 83.3 Å². The van der Waals surface area contributed by atoms with Crippen molar-refractivity contribution in [2.75, 3.05) is 0 Å². The molecular formula is C52H36N2O. The molecule has 12 rings (SSSR count). The van der Waals surface area contributed by atoms with E-state index >= 15 is 0 Å². The molecule has 0 N–H and O–H groups in total. The van der Waals surface area contributed by atoms with Crippen LogP contribution in [-0.4, -0.2) is 9.13 Å². The van der Waals surface area contributed by atoms with Crippen LogP contribution in [0.5, 0.6) is 0 Å². The van der Waals surface area contributed by atoms with Crippen LogP contribution in [0.1, 0.15) is 31.4 Å².